The zero-order chi connectivity index (χ0) is 33.6. The molecular formula is C37H48F2N6O3. The maximum atomic E-state index is 15.1. The Bertz CT molecular complexity index is 1690. The number of carbonyl (C=O) groups excluding carboxylic acids is 1. The third-order valence-corrected chi connectivity index (χ3v) is 11.1. The summed E-state index contributed by atoms with van der Waals surface area (Å²) in [6.07, 6.45) is 6.28. The van der Waals surface area contributed by atoms with Gasteiger partial charge in [-0.2, -0.15) is 9.97 Å². The van der Waals surface area contributed by atoms with Crippen LogP contribution in [-0.2, 0) is 24.2 Å². The van der Waals surface area contributed by atoms with Crippen LogP contribution in [0.15, 0.2) is 24.3 Å². The zero-order valence-electron chi connectivity index (χ0n) is 28.5. The fourth-order valence-corrected chi connectivity index (χ4v) is 8.66. The van der Waals surface area contributed by atoms with E-state index >= 15 is 4.39 Å². The summed E-state index contributed by atoms with van der Waals surface area (Å²) >= 11 is 0. The topological polar surface area (TPSA) is 85.3 Å². The van der Waals surface area contributed by atoms with E-state index in [4.69, 9.17) is 14.7 Å². The highest BCUT2D eigenvalue weighted by Gasteiger charge is 2.49. The number of anilines is 2. The molecule has 1 aromatic heterocycles. The van der Waals surface area contributed by atoms with Gasteiger partial charge < -0.3 is 24.5 Å². The highest BCUT2D eigenvalue weighted by atomic mass is 19.1. The monoisotopic (exact) mass is 662 g/mol. The number of aromatic nitrogens is 2. The van der Waals surface area contributed by atoms with Gasteiger partial charge in [0.25, 0.3) is 0 Å². The number of nitrogens with zero attached hydrogens (tertiary/aromatic N) is 6. The average molecular weight is 663 g/mol. The number of phenols is 1. The number of ether oxygens (including phenoxy) is 1. The predicted molar refractivity (Wildman–Crippen MR) is 183 cm³/mol. The summed E-state index contributed by atoms with van der Waals surface area (Å²) in [5.74, 6) is 1.09. The third-order valence-electron chi connectivity index (χ3n) is 11.1. The van der Waals surface area contributed by atoms with E-state index in [0.29, 0.717) is 63.5 Å². The molecule has 1 amide bonds. The largest absolute Gasteiger partial charge is 0.508 e. The number of aromatic hydroxyl groups is 1. The lowest BCUT2D eigenvalue weighted by Gasteiger charge is -2.35. The van der Waals surface area contributed by atoms with Gasteiger partial charge in [0.2, 0.25) is 5.91 Å². The second kappa shape index (κ2) is 13.3. The van der Waals surface area contributed by atoms with Gasteiger partial charge in [-0.3, -0.25) is 9.69 Å². The van der Waals surface area contributed by atoms with E-state index in [9.17, 15) is 14.3 Å². The first-order valence-corrected chi connectivity index (χ1v) is 17.7. The minimum absolute atomic E-state index is 0.135. The molecule has 48 heavy (non-hydrogen) atoms. The van der Waals surface area contributed by atoms with E-state index in [2.05, 4.69) is 14.7 Å². The third kappa shape index (κ3) is 6.26. The smallest absolute Gasteiger partial charge is 0.318 e. The van der Waals surface area contributed by atoms with Gasteiger partial charge in [0, 0.05) is 75.8 Å². The molecule has 5 heterocycles. The first-order chi connectivity index (χ1) is 23.1. The molecule has 3 atom stereocenters. The Balaban J connectivity index is 1.25. The number of rotatable bonds is 8. The lowest BCUT2D eigenvalue weighted by molar-refractivity contribution is -0.129. The molecule has 3 aromatic rings. The van der Waals surface area contributed by atoms with Gasteiger partial charge in [0.15, 0.2) is 0 Å². The van der Waals surface area contributed by atoms with E-state index in [1.807, 2.05) is 6.92 Å². The summed E-state index contributed by atoms with van der Waals surface area (Å²) in [7, 11) is 3.61. The van der Waals surface area contributed by atoms with Gasteiger partial charge in [-0.25, -0.2) is 8.78 Å². The molecule has 1 unspecified atom stereocenters. The van der Waals surface area contributed by atoms with E-state index in [1.54, 1.807) is 37.2 Å². The first kappa shape index (κ1) is 32.8. The van der Waals surface area contributed by atoms with Crippen molar-refractivity contribution in [2.45, 2.75) is 83.0 Å². The van der Waals surface area contributed by atoms with Gasteiger partial charge in [0.05, 0.1) is 17.8 Å². The second-order valence-electron chi connectivity index (χ2n) is 14.5. The summed E-state index contributed by atoms with van der Waals surface area (Å²) < 4.78 is 36.1. The van der Waals surface area contributed by atoms with E-state index in [1.165, 1.54) is 6.07 Å². The molecule has 3 fully saturated rings. The Morgan fingerprint density at radius 2 is 1.96 bits per heavy atom. The van der Waals surface area contributed by atoms with Crippen LogP contribution in [0.25, 0.3) is 10.8 Å². The Kier molecular flexibility index (Phi) is 9.08. The Labute approximate surface area is 281 Å². The standard InChI is InChI=1S/C37H48F2N6O3/c1-4-28-30(39)10-9-25-17-27(46)18-32(34(25)28)43-15-11-29-31(22-43)40-36(48-23-37-12-7-14-45(37)21-26(38)19-37)41-35(29)44-13-6-5-8-24(20-44)16-33(47)42(2)3/h9-10,17-18,24,26,46H,4-8,11-16,19-23H2,1-3H3/t24?,26-,37+/m1/s1. The molecule has 1 N–H and O–H groups in total. The van der Waals surface area contributed by atoms with Crippen molar-refractivity contribution in [3.8, 4) is 11.8 Å². The molecule has 7 rings (SSSR count). The van der Waals surface area contributed by atoms with Gasteiger partial charge in [-0.1, -0.05) is 19.4 Å². The van der Waals surface area contributed by atoms with Crippen molar-refractivity contribution in [2.75, 3.05) is 63.2 Å². The van der Waals surface area contributed by atoms with Crippen LogP contribution in [-0.4, -0.2) is 95.9 Å². The Morgan fingerprint density at radius 3 is 2.77 bits per heavy atom. The van der Waals surface area contributed by atoms with Crippen LogP contribution in [0.3, 0.4) is 0 Å². The van der Waals surface area contributed by atoms with Crippen molar-refractivity contribution in [2.24, 2.45) is 5.92 Å². The lowest BCUT2D eigenvalue weighted by atomic mass is 9.95. The SMILES string of the molecule is CCc1c(F)ccc2cc(O)cc(N3CCc4c(nc(OC[C@@]56CCCN5C[C@H](F)C6)nc4N4CCCCC(CC(=O)N(C)C)C4)C3)c12. The number of alkyl halides is 1. The molecule has 0 saturated carbocycles. The van der Waals surface area contributed by atoms with Crippen molar-refractivity contribution in [1.82, 2.24) is 19.8 Å². The number of hydrogen-bond donors (Lipinski definition) is 1. The van der Waals surface area contributed by atoms with Crippen molar-refractivity contribution in [1.29, 1.82) is 0 Å². The molecular weight excluding hydrogens is 614 g/mol. The molecule has 3 saturated heterocycles. The molecule has 0 radical (unpaired) electrons. The number of hydrogen-bond acceptors (Lipinski definition) is 8. The lowest BCUT2D eigenvalue weighted by Crippen LogP contribution is -2.43. The van der Waals surface area contributed by atoms with Crippen LogP contribution in [0.2, 0.25) is 0 Å². The molecule has 0 spiro atoms. The maximum Gasteiger partial charge on any atom is 0.318 e. The second-order valence-corrected chi connectivity index (χ2v) is 14.5. The molecule has 4 aliphatic heterocycles. The van der Waals surface area contributed by atoms with Crippen LogP contribution in [0.4, 0.5) is 20.3 Å². The summed E-state index contributed by atoms with van der Waals surface area (Å²) in [6.45, 7) is 6.27. The van der Waals surface area contributed by atoms with Crippen LogP contribution < -0.4 is 14.5 Å². The number of aryl methyl sites for hydroxylation is 1. The van der Waals surface area contributed by atoms with Crippen molar-refractivity contribution >= 4 is 28.2 Å². The van der Waals surface area contributed by atoms with Gasteiger partial charge in [0.1, 0.15) is 30.2 Å². The molecule has 11 heteroatoms. The molecule has 9 nitrogen and oxygen atoms in total. The Morgan fingerprint density at radius 1 is 1.10 bits per heavy atom. The van der Waals surface area contributed by atoms with Crippen LogP contribution in [0.1, 0.15) is 68.7 Å². The van der Waals surface area contributed by atoms with E-state index in [0.717, 1.165) is 85.3 Å². The molecule has 258 valence electrons. The first-order valence-electron chi connectivity index (χ1n) is 17.7. The number of amides is 1. The van der Waals surface area contributed by atoms with E-state index in [-0.39, 0.29) is 28.9 Å². The van der Waals surface area contributed by atoms with Crippen molar-refractivity contribution in [3.63, 3.8) is 0 Å². The van der Waals surface area contributed by atoms with Crippen LogP contribution in [0, 0.1) is 11.7 Å². The normalized spacial score (nSPS) is 24.4. The quantitative estimate of drug-likeness (QED) is 0.332. The summed E-state index contributed by atoms with van der Waals surface area (Å²) in [5, 5.41) is 12.3. The number of benzene rings is 2. The van der Waals surface area contributed by atoms with Crippen LogP contribution >= 0.6 is 0 Å². The molecule has 4 aliphatic rings. The summed E-state index contributed by atoms with van der Waals surface area (Å²) in [6, 6.07) is 6.91. The van der Waals surface area contributed by atoms with Crippen molar-refractivity contribution < 1.29 is 23.4 Å². The number of carbonyl (C=O) groups is 1. The van der Waals surface area contributed by atoms with Gasteiger partial charge in [-0.05, 0) is 74.1 Å². The minimum Gasteiger partial charge on any atom is -0.508 e. The number of halogens is 2. The minimum atomic E-state index is -0.851. The summed E-state index contributed by atoms with van der Waals surface area (Å²) in [5.41, 5.74) is 2.99. The predicted octanol–water partition coefficient (Wildman–Crippen LogP) is 5.64. The van der Waals surface area contributed by atoms with Gasteiger partial charge >= 0.3 is 6.01 Å². The van der Waals surface area contributed by atoms with Gasteiger partial charge in [-0.15, -0.1) is 0 Å². The zero-order valence-corrected chi connectivity index (χ0v) is 28.5. The Hall–Kier alpha value is -3.73. The van der Waals surface area contributed by atoms with Crippen molar-refractivity contribution in [3.05, 3.63) is 46.9 Å². The van der Waals surface area contributed by atoms with E-state index < -0.39 is 6.17 Å². The number of phenolic OH excluding ortho intramolecular Hbond substituents is 1. The fourth-order valence-electron chi connectivity index (χ4n) is 8.66. The highest BCUT2D eigenvalue weighted by Crippen LogP contribution is 2.42. The van der Waals surface area contributed by atoms with Crippen LogP contribution in [0.5, 0.6) is 11.8 Å². The summed E-state index contributed by atoms with van der Waals surface area (Å²) in [4.78, 5) is 31.2. The average Bonchev–Trinajstić information content (AvgIpc) is 3.48. The molecule has 0 aliphatic carbocycles. The number of fused-ring (bicyclic) bond motifs is 3. The highest BCUT2D eigenvalue weighted by molar-refractivity contribution is 5.98. The fraction of sp³-hybridized carbons (Fsp3) is 0.595. The molecule has 0 bridgehead atoms. The maximum absolute atomic E-state index is 15.1. The molecule has 2 aromatic carbocycles.